The third kappa shape index (κ3) is 3.08. The van der Waals surface area contributed by atoms with E-state index in [9.17, 15) is 4.79 Å². The summed E-state index contributed by atoms with van der Waals surface area (Å²) in [6.45, 7) is 0. The van der Waals surface area contributed by atoms with Crippen molar-refractivity contribution < 1.29 is 15.0 Å². The second kappa shape index (κ2) is 4.91. The standard InChI is InChI=1S/C9H8Br2O3/c10-6-2-1-5(7(11)4-6)3-8(12)9(13)14/h1-2,4,8,12H,3H2,(H,13,14). The molecule has 1 aromatic carbocycles. The van der Waals surface area contributed by atoms with Crippen LogP contribution in [-0.4, -0.2) is 22.3 Å². The fraction of sp³-hybridized carbons (Fsp3) is 0.222. The van der Waals surface area contributed by atoms with Gasteiger partial charge in [0.15, 0.2) is 6.10 Å². The quantitative estimate of drug-likeness (QED) is 0.896. The summed E-state index contributed by atoms with van der Waals surface area (Å²) in [4.78, 5) is 10.4. The summed E-state index contributed by atoms with van der Waals surface area (Å²) in [7, 11) is 0. The smallest absolute Gasteiger partial charge is 0.332 e. The SMILES string of the molecule is O=C(O)C(O)Cc1ccc(Br)cc1Br. The monoisotopic (exact) mass is 322 g/mol. The predicted molar refractivity (Wildman–Crippen MR) is 59.2 cm³/mol. The van der Waals surface area contributed by atoms with Crippen LogP contribution in [0.5, 0.6) is 0 Å². The normalized spacial score (nSPS) is 12.5. The Balaban J connectivity index is 2.82. The number of aliphatic carboxylic acids is 1. The maximum absolute atomic E-state index is 10.4. The van der Waals surface area contributed by atoms with Gasteiger partial charge in [0.05, 0.1) is 0 Å². The number of hydrogen-bond donors (Lipinski definition) is 2. The molecule has 14 heavy (non-hydrogen) atoms. The van der Waals surface area contributed by atoms with Gasteiger partial charge < -0.3 is 10.2 Å². The van der Waals surface area contributed by atoms with Crippen LogP contribution in [-0.2, 0) is 11.2 Å². The highest BCUT2D eigenvalue weighted by atomic mass is 79.9. The average molecular weight is 324 g/mol. The first kappa shape index (κ1) is 11.7. The van der Waals surface area contributed by atoms with E-state index in [2.05, 4.69) is 31.9 Å². The van der Waals surface area contributed by atoms with Crippen LogP contribution in [0.4, 0.5) is 0 Å². The topological polar surface area (TPSA) is 57.5 Å². The number of carbonyl (C=O) groups is 1. The average Bonchev–Trinajstić information content (AvgIpc) is 2.09. The van der Waals surface area contributed by atoms with E-state index >= 15 is 0 Å². The molecule has 0 fully saturated rings. The van der Waals surface area contributed by atoms with Crippen molar-refractivity contribution in [3.63, 3.8) is 0 Å². The predicted octanol–water partition coefficient (Wildman–Crippen LogP) is 2.20. The maximum atomic E-state index is 10.4. The Hall–Kier alpha value is -0.390. The molecule has 0 aromatic heterocycles. The van der Waals surface area contributed by atoms with Crippen LogP contribution < -0.4 is 0 Å². The molecule has 0 spiro atoms. The second-order valence-corrected chi connectivity index (χ2v) is 4.56. The van der Waals surface area contributed by atoms with Gasteiger partial charge in [-0.25, -0.2) is 4.79 Å². The molecule has 0 saturated carbocycles. The molecule has 1 rings (SSSR count). The Bertz CT molecular complexity index is 352. The molecule has 0 bridgehead atoms. The highest BCUT2D eigenvalue weighted by Crippen LogP contribution is 2.22. The minimum Gasteiger partial charge on any atom is -0.479 e. The number of carboxylic acids is 1. The minimum absolute atomic E-state index is 0.100. The first-order valence-corrected chi connectivity index (χ1v) is 5.44. The van der Waals surface area contributed by atoms with Crippen LogP contribution >= 0.6 is 31.9 Å². The zero-order valence-electron chi connectivity index (χ0n) is 7.08. The Morgan fingerprint density at radius 2 is 2.07 bits per heavy atom. The largest absolute Gasteiger partial charge is 0.479 e. The van der Waals surface area contributed by atoms with Gasteiger partial charge in [-0.1, -0.05) is 37.9 Å². The Kier molecular flexibility index (Phi) is 4.10. The number of aliphatic hydroxyl groups excluding tert-OH is 1. The van der Waals surface area contributed by atoms with Gasteiger partial charge in [0.25, 0.3) is 0 Å². The first-order chi connectivity index (χ1) is 6.50. The third-order valence-corrected chi connectivity index (χ3v) is 2.94. The van der Waals surface area contributed by atoms with Crippen LogP contribution in [0, 0.1) is 0 Å². The molecule has 0 radical (unpaired) electrons. The van der Waals surface area contributed by atoms with Gasteiger partial charge in [0.1, 0.15) is 0 Å². The lowest BCUT2D eigenvalue weighted by atomic mass is 10.1. The molecule has 0 aliphatic heterocycles. The number of aliphatic hydroxyl groups is 1. The zero-order valence-corrected chi connectivity index (χ0v) is 10.2. The Morgan fingerprint density at radius 1 is 1.43 bits per heavy atom. The number of hydrogen-bond acceptors (Lipinski definition) is 2. The van der Waals surface area contributed by atoms with Crippen LogP contribution in [0.25, 0.3) is 0 Å². The van der Waals surface area contributed by atoms with E-state index in [0.29, 0.717) is 0 Å². The van der Waals surface area contributed by atoms with Crippen LogP contribution in [0.3, 0.4) is 0 Å². The van der Waals surface area contributed by atoms with E-state index in [1.165, 1.54) is 0 Å². The number of rotatable bonds is 3. The zero-order chi connectivity index (χ0) is 10.7. The lowest BCUT2D eigenvalue weighted by molar-refractivity contribution is -0.146. The van der Waals surface area contributed by atoms with Gasteiger partial charge in [0.2, 0.25) is 0 Å². The lowest BCUT2D eigenvalue weighted by Gasteiger charge is -2.07. The van der Waals surface area contributed by atoms with Crippen LogP contribution in [0.1, 0.15) is 5.56 Å². The summed E-state index contributed by atoms with van der Waals surface area (Å²) in [5.74, 6) is -1.21. The molecule has 5 heteroatoms. The Morgan fingerprint density at radius 3 is 2.57 bits per heavy atom. The fourth-order valence-electron chi connectivity index (χ4n) is 0.983. The minimum atomic E-state index is -1.35. The van der Waals surface area contributed by atoms with Gasteiger partial charge in [0, 0.05) is 15.4 Å². The van der Waals surface area contributed by atoms with Gasteiger partial charge in [-0.3, -0.25) is 0 Å². The molecule has 0 aliphatic carbocycles. The molecular weight excluding hydrogens is 316 g/mol. The van der Waals surface area contributed by atoms with Crippen LogP contribution in [0.2, 0.25) is 0 Å². The molecule has 2 N–H and O–H groups in total. The summed E-state index contributed by atoms with van der Waals surface area (Å²) < 4.78 is 1.69. The van der Waals surface area contributed by atoms with Crippen molar-refractivity contribution in [3.05, 3.63) is 32.7 Å². The summed E-state index contributed by atoms with van der Waals surface area (Å²) in [5.41, 5.74) is 0.767. The summed E-state index contributed by atoms with van der Waals surface area (Å²) in [6, 6.07) is 5.37. The van der Waals surface area contributed by atoms with Crippen molar-refractivity contribution in [2.75, 3.05) is 0 Å². The summed E-state index contributed by atoms with van der Waals surface area (Å²) >= 11 is 6.57. The molecule has 0 saturated heterocycles. The highest BCUT2D eigenvalue weighted by molar-refractivity contribution is 9.11. The number of halogens is 2. The highest BCUT2D eigenvalue weighted by Gasteiger charge is 2.15. The molecule has 0 amide bonds. The first-order valence-electron chi connectivity index (χ1n) is 3.85. The van der Waals surface area contributed by atoms with Gasteiger partial charge >= 0.3 is 5.97 Å². The van der Waals surface area contributed by atoms with Crippen molar-refractivity contribution >= 4 is 37.8 Å². The Labute approximate surface area is 98.0 Å². The van der Waals surface area contributed by atoms with Gasteiger partial charge in [-0.15, -0.1) is 0 Å². The van der Waals surface area contributed by atoms with Crippen LogP contribution in [0.15, 0.2) is 27.1 Å². The van der Waals surface area contributed by atoms with E-state index in [-0.39, 0.29) is 6.42 Å². The molecule has 1 aromatic rings. The number of benzene rings is 1. The third-order valence-electron chi connectivity index (χ3n) is 1.71. The molecular formula is C9H8Br2O3. The van der Waals surface area contributed by atoms with E-state index in [0.717, 1.165) is 14.5 Å². The fourth-order valence-corrected chi connectivity index (χ4v) is 2.19. The molecule has 1 atom stereocenters. The maximum Gasteiger partial charge on any atom is 0.332 e. The van der Waals surface area contributed by atoms with Gasteiger partial charge in [-0.05, 0) is 17.7 Å². The second-order valence-electron chi connectivity index (χ2n) is 2.79. The van der Waals surface area contributed by atoms with Crippen molar-refractivity contribution in [2.24, 2.45) is 0 Å². The van der Waals surface area contributed by atoms with Crippen molar-refractivity contribution in [1.29, 1.82) is 0 Å². The van der Waals surface area contributed by atoms with Crippen molar-refractivity contribution in [3.8, 4) is 0 Å². The lowest BCUT2D eigenvalue weighted by Crippen LogP contribution is -2.22. The van der Waals surface area contributed by atoms with E-state index in [1.54, 1.807) is 12.1 Å². The molecule has 76 valence electrons. The molecule has 0 heterocycles. The summed E-state index contributed by atoms with van der Waals surface area (Å²) in [6.07, 6.45) is -1.25. The van der Waals surface area contributed by atoms with E-state index < -0.39 is 12.1 Å². The van der Waals surface area contributed by atoms with Crippen molar-refractivity contribution in [1.82, 2.24) is 0 Å². The van der Waals surface area contributed by atoms with Crippen molar-refractivity contribution in [2.45, 2.75) is 12.5 Å². The van der Waals surface area contributed by atoms with Gasteiger partial charge in [-0.2, -0.15) is 0 Å². The molecule has 3 nitrogen and oxygen atoms in total. The van der Waals surface area contributed by atoms with E-state index in [4.69, 9.17) is 10.2 Å². The number of carboxylic acid groups (broad SMARTS) is 1. The van der Waals surface area contributed by atoms with E-state index in [1.807, 2.05) is 6.07 Å². The molecule has 1 unspecified atom stereocenters. The molecule has 0 aliphatic rings. The summed E-state index contributed by atoms with van der Waals surface area (Å²) in [5, 5.41) is 17.7.